The highest BCUT2D eigenvalue weighted by Crippen LogP contribution is 2.68. The van der Waals surface area contributed by atoms with Crippen LogP contribution in [0.4, 0.5) is 0 Å². The Morgan fingerprint density at radius 2 is 1.90 bits per heavy atom. The van der Waals surface area contributed by atoms with Crippen LogP contribution in [0.2, 0.25) is 0 Å². The predicted molar refractivity (Wildman–Crippen MR) is 112 cm³/mol. The number of rotatable bonds is 4. The van der Waals surface area contributed by atoms with Crippen LogP contribution in [0, 0.1) is 46.3 Å². The minimum absolute atomic E-state index is 0.103. The van der Waals surface area contributed by atoms with E-state index in [1.165, 1.54) is 32.8 Å². The number of carbonyl (C=O) groups excluding carboxylic acids is 2. The molecular formula is C25H40O4. The number of methoxy groups -OCH3 is 1. The lowest BCUT2D eigenvalue weighted by atomic mass is 9.44. The molecule has 4 rings (SSSR count). The third kappa shape index (κ3) is 3.38. The quantitative estimate of drug-likeness (QED) is 0.685. The highest BCUT2D eigenvalue weighted by atomic mass is 16.5. The molecule has 4 saturated carbocycles. The van der Waals surface area contributed by atoms with E-state index in [2.05, 4.69) is 20.8 Å². The fraction of sp³-hybridized carbons (Fsp3) is 0.920. The lowest BCUT2D eigenvalue weighted by molar-refractivity contribution is -0.169. The number of Topliss-reactive ketones (excluding diaryl/α,β-unsaturated/α-hetero) is 1. The minimum Gasteiger partial charge on any atom is -0.469 e. The van der Waals surface area contributed by atoms with Crippen molar-refractivity contribution >= 4 is 11.8 Å². The molecule has 0 bridgehead atoms. The molecule has 7 unspecified atom stereocenters. The van der Waals surface area contributed by atoms with Crippen molar-refractivity contribution in [1.82, 2.24) is 0 Å². The SMILES string of the molecule is COC(=O)CCC(C)C1CCC2C3C(O)CC4CC(=O)CC[C@]4(C)C3CC[C@]12C. The Balaban J connectivity index is 1.53. The van der Waals surface area contributed by atoms with Gasteiger partial charge in [0.15, 0.2) is 0 Å². The lowest BCUT2D eigenvalue weighted by Crippen LogP contribution is -2.58. The summed E-state index contributed by atoms with van der Waals surface area (Å²) in [6.07, 6.45) is 9.27. The molecule has 0 aromatic rings. The number of aliphatic hydroxyl groups excluding tert-OH is 1. The van der Waals surface area contributed by atoms with E-state index in [1.54, 1.807) is 0 Å². The lowest BCUT2D eigenvalue weighted by Gasteiger charge is -2.62. The minimum atomic E-state index is -0.252. The van der Waals surface area contributed by atoms with E-state index in [0.717, 1.165) is 25.7 Å². The van der Waals surface area contributed by atoms with Gasteiger partial charge in [0.25, 0.3) is 0 Å². The Kier molecular flexibility index (Phi) is 5.63. The third-order valence-corrected chi connectivity index (χ3v) is 10.3. The standard InChI is InChI=1S/C25H40O4/c1-15(5-8-22(28)29-4)18-6-7-19-23-20(10-12-25(18,19)3)24(2)11-9-17(26)13-16(24)14-21(23)27/h15-16,18-21,23,27H,5-14H2,1-4H3/t15?,16?,18?,19?,20?,21?,23?,24-,25+/m0/s1. The molecule has 0 heterocycles. The first-order valence-corrected chi connectivity index (χ1v) is 12.0. The molecule has 164 valence electrons. The van der Waals surface area contributed by atoms with Gasteiger partial charge in [-0.3, -0.25) is 9.59 Å². The maximum absolute atomic E-state index is 12.1. The van der Waals surface area contributed by atoms with Gasteiger partial charge in [0.05, 0.1) is 13.2 Å². The van der Waals surface area contributed by atoms with Crippen LogP contribution < -0.4 is 0 Å². The van der Waals surface area contributed by atoms with Gasteiger partial charge >= 0.3 is 5.97 Å². The van der Waals surface area contributed by atoms with Crippen LogP contribution in [0.25, 0.3) is 0 Å². The second-order valence-corrected chi connectivity index (χ2v) is 11.4. The third-order valence-electron chi connectivity index (χ3n) is 10.3. The van der Waals surface area contributed by atoms with Crippen molar-refractivity contribution < 1.29 is 19.4 Å². The number of ketones is 1. The zero-order valence-corrected chi connectivity index (χ0v) is 18.8. The van der Waals surface area contributed by atoms with Crippen molar-refractivity contribution in [3.05, 3.63) is 0 Å². The van der Waals surface area contributed by atoms with E-state index in [-0.39, 0.29) is 22.9 Å². The maximum atomic E-state index is 12.1. The van der Waals surface area contributed by atoms with Crippen molar-refractivity contribution in [3.8, 4) is 0 Å². The molecule has 0 aromatic carbocycles. The number of carbonyl (C=O) groups is 2. The van der Waals surface area contributed by atoms with Gasteiger partial charge in [-0.05, 0) is 91.3 Å². The van der Waals surface area contributed by atoms with Crippen LogP contribution in [0.15, 0.2) is 0 Å². The van der Waals surface area contributed by atoms with E-state index in [0.29, 0.717) is 54.1 Å². The number of ether oxygens (including phenoxy) is 1. The average Bonchev–Trinajstić information content (AvgIpc) is 3.04. The van der Waals surface area contributed by atoms with Gasteiger partial charge in [-0.15, -0.1) is 0 Å². The van der Waals surface area contributed by atoms with Crippen molar-refractivity contribution in [2.75, 3.05) is 7.11 Å². The number of hydrogen-bond acceptors (Lipinski definition) is 4. The van der Waals surface area contributed by atoms with Crippen molar-refractivity contribution in [2.45, 2.75) is 91.1 Å². The number of fused-ring (bicyclic) bond motifs is 5. The molecule has 29 heavy (non-hydrogen) atoms. The number of hydrogen-bond donors (Lipinski definition) is 1. The first-order valence-electron chi connectivity index (χ1n) is 12.0. The van der Waals surface area contributed by atoms with Crippen LogP contribution in [0.3, 0.4) is 0 Å². The average molecular weight is 405 g/mol. The second kappa shape index (κ2) is 7.66. The number of aliphatic hydroxyl groups is 1. The van der Waals surface area contributed by atoms with Crippen molar-refractivity contribution in [3.63, 3.8) is 0 Å². The molecule has 0 spiro atoms. The molecule has 9 atom stereocenters. The highest BCUT2D eigenvalue weighted by molar-refractivity contribution is 5.79. The summed E-state index contributed by atoms with van der Waals surface area (Å²) >= 11 is 0. The van der Waals surface area contributed by atoms with Gasteiger partial charge < -0.3 is 9.84 Å². The summed E-state index contributed by atoms with van der Waals surface area (Å²) < 4.78 is 4.85. The summed E-state index contributed by atoms with van der Waals surface area (Å²) in [5.74, 6) is 3.35. The van der Waals surface area contributed by atoms with E-state index in [4.69, 9.17) is 4.74 Å². The van der Waals surface area contributed by atoms with Gasteiger partial charge in [-0.1, -0.05) is 20.8 Å². The summed E-state index contributed by atoms with van der Waals surface area (Å²) in [6, 6.07) is 0. The molecule has 4 aliphatic rings. The van der Waals surface area contributed by atoms with Crippen molar-refractivity contribution in [1.29, 1.82) is 0 Å². The van der Waals surface area contributed by atoms with Crippen LogP contribution in [-0.2, 0) is 14.3 Å². The Morgan fingerprint density at radius 1 is 1.17 bits per heavy atom. The molecule has 1 N–H and O–H groups in total. The molecule has 4 aliphatic carbocycles. The normalized spacial score (nSPS) is 47.7. The molecule has 0 aliphatic heterocycles. The molecule has 4 nitrogen and oxygen atoms in total. The molecule has 0 radical (unpaired) electrons. The van der Waals surface area contributed by atoms with Crippen LogP contribution in [0.1, 0.15) is 85.0 Å². The van der Waals surface area contributed by atoms with Gasteiger partial charge in [-0.2, -0.15) is 0 Å². The topological polar surface area (TPSA) is 63.6 Å². The van der Waals surface area contributed by atoms with Crippen LogP contribution in [0.5, 0.6) is 0 Å². The Bertz CT molecular complexity index is 659. The summed E-state index contributed by atoms with van der Waals surface area (Å²) in [5, 5.41) is 11.3. The molecule has 0 amide bonds. The Morgan fingerprint density at radius 3 is 2.62 bits per heavy atom. The Hall–Kier alpha value is -0.900. The number of esters is 1. The first-order chi connectivity index (χ1) is 13.7. The summed E-state index contributed by atoms with van der Waals surface area (Å²) in [6.45, 7) is 7.22. The maximum Gasteiger partial charge on any atom is 0.305 e. The summed E-state index contributed by atoms with van der Waals surface area (Å²) in [5.41, 5.74) is 0.499. The highest BCUT2D eigenvalue weighted by Gasteiger charge is 2.62. The zero-order chi connectivity index (χ0) is 21.0. The summed E-state index contributed by atoms with van der Waals surface area (Å²) in [7, 11) is 1.47. The van der Waals surface area contributed by atoms with E-state index >= 15 is 0 Å². The van der Waals surface area contributed by atoms with Gasteiger partial charge in [0.1, 0.15) is 5.78 Å². The molecular weight excluding hydrogens is 364 g/mol. The van der Waals surface area contributed by atoms with Crippen LogP contribution >= 0.6 is 0 Å². The predicted octanol–water partition coefficient (Wildman–Crippen LogP) is 4.77. The summed E-state index contributed by atoms with van der Waals surface area (Å²) in [4.78, 5) is 23.7. The van der Waals surface area contributed by atoms with Crippen LogP contribution in [-0.4, -0.2) is 30.1 Å². The van der Waals surface area contributed by atoms with E-state index < -0.39 is 0 Å². The second-order valence-electron chi connectivity index (χ2n) is 11.4. The Labute approximate surface area is 176 Å². The van der Waals surface area contributed by atoms with E-state index in [9.17, 15) is 14.7 Å². The van der Waals surface area contributed by atoms with Gasteiger partial charge in [0, 0.05) is 19.3 Å². The monoisotopic (exact) mass is 404 g/mol. The molecule has 0 saturated heterocycles. The van der Waals surface area contributed by atoms with Gasteiger partial charge in [-0.25, -0.2) is 0 Å². The van der Waals surface area contributed by atoms with Gasteiger partial charge in [0.2, 0.25) is 0 Å². The first kappa shape index (κ1) is 21.3. The fourth-order valence-corrected chi connectivity index (χ4v) is 8.64. The molecule has 4 heteroatoms. The largest absolute Gasteiger partial charge is 0.469 e. The smallest absolute Gasteiger partial charge is 0.305 e. The molecule has 4 fully saturated rings. The van der Waals surface area contributed by atoms with E-state index in [1.807, 2.05) is 0 Å². The molecule has 0 aromatic heterocycles. The zero-order valence-electron chi connectivity index (χ0n) is 18.8. The van der Waals surface area contributed by atoms with Crippen molar-refractivity contribution in [2.24, 2.45) is 46.3 Å². The fourth-order valence-electron chi connectivity index (χ4n) is 8.64.